The Morgan fingerprint density at radius 1 is 1.21 bits per heavy atom. The summed E-state index contributed by atoms with van der Waals surface area (Å²) in [6.45, 7) is 1.53. The third-order valence-corrected chi connectivity index (χ3v) is 6.44. The first-order valence-corrected chi connectivity index (χ1v) is 11.2. The van der Waals surface area contributed by atoms with Gasteiger partial charge in [-0.05, 0) is 30.5 Å². The molecular formula is C21H20Cl2N8O2. The number of carbonyl (C=O) groups is 1. The fourth-order valence-corrected chi connectivity index (χ4v) is 4.33. The van der Waals surface area contributed by atoms with Gasteiger partial charge in [-0.1, -0.05) is 29.3 Å². The molecule has 4 aromatic rings. The topological polar surface area (TPSA) is 125 Å². The normalized spacial score (nSPS) is 14.7. The summed E-state index contributed by atoms with van der Waals surface area (Å²) in [5, 5.41) is 8.48. The van der Waals surface area contributed by atoms with Gasteiger partial charge in [0.2, 0.25) is 5.95 Å². The van der Waals surface area contributed by atoms with Crippen LogP contribution in [-0.4, -0.2) is 53.6 Å². The molecule has 170 valence electrons. The summed E-state index contributed by atoms with van der Waals surface area (Å²) in [7, 11) is 0. The van der Waals surface area contributed by atoms with Gasteiger partial charge in [0.25, 0.3) is 11.5 Å². The number of piperidine rings is 1. The number of hydrogen-bond acceptors (Lipinski definition) is 6. The largest absolute Gasteiger partial charge is 0.352 e. The van der Waals surface area contributed by atoms with Crippen molar-refractivity contribution in [3.63, 3.8) is 0 Å². The van der Waals surface area contributed by atoms with Crippen molar-refractivity contribution in [1.29, 1.82) is 0 Å². The first kappa shape index (κ1) is 21.5. The van der Waals surface area contributed by atoms with Crippen molar-refractivity contribution in [2.24, 2.45) is 0 Å². The maximum absolute atomic E-state index is 12.9. The van der Waals surface area contributed by atoms with Crippen LogP contribution in [0, 0.1) is 0 Å². The zero-order chi connectivity index (χ0) is 22.9. The van der Waals surface area contributed by atoms with Gasteiger partial charge in [0.1, 0.15) is 5.52 Å². The number of carbonyl (C=O) groups excluding carboxylic acids is 1. The van der Waals surface area contributed by atoms with Crippen LogP contribution in [0.4, 0.5) is 5.95 Å². The quantitative estimate of drug-likeness (QED) is 0.397. The highest BCUT2D eigenvalue weighted by molar-refractivity contribution is 6.42. The lowest BCUT2D eigenvalue weighted by molar-refractivity contribution is 0.0680. The molecule has 1 saturated heterocycles. The third kappa shape index (κ3) is 4.31. The van der Waals surface area contributed by atoms with Crippen LogP contribution in [0.15, 0.2) is 41.6 Å². The molecule has 3 N–H and O–H groups in total. The molecule has 3 aromatic heterocycles. The number of halogens is 2. The van der Waals surface area contributed by atoms with Crippen molar-refractivity contribution < 1.29 is 4.79 Å². The number of aromatic nitrogens is 6. The summed E-state index contributed by atoms with van der Waals surface area (Å²) in [6, 6.07) is 5.33. The molecule has 0 bridgehead atoms. The van der Waals surface area contributed by atoms with Crippen LogP contribution in [-0.2, 0) is 6.54 Å². The summed E-state index contributed by atoms with van der Waals surface area (Å²) < 4.78 is 1.72. The molecule has 0 atom stereocenters. The highest BCUT2D eigenvalue weighted by atomic mass is 35.5. The van der Waals surface area contributed by atoms with E-state index in [1.807, 2.05) is 6.07 Å². The molecule has 12 heteroatoms. The number of rotatable bonds is 5. The Morgan fingerprint density at radius 3 is 2.76 bits per heavy atom. The van der Waals surface area contributed by atoms with Crippen LogP contribution in [0.5, 0.6) is 0 Å². The maximum Gasteiger partial charge on any atom is 0.289 e. The lowest BCUT2D eigenvalue weighted by Crippen LogP contribution is -2.40. The smallest absolute Gasteiger partial charge is 0.289 e. The van der Waals surface area contributed by atoms with Crippen LogP contribution >= 0.6 is 23.2 Å². The number of benzene rings is 1. The van der Waals surface area contributed by atoms with E-state index in [4.69, 9.17) is 23.2 Å². The number of nitrogens with zero attached hydrogens (tertiary/aromatic N) is 5. The lowest BCUT2D eigenvalue weighted by Gasteiger charge is -2.31. The summed E-state index contributed by atoms with van der Waals surface area (Å²) in [5.74, 6) is 0.553. The van der Waals surface area contributed by atoms with E-state index in [0.29, 0.717) is 65.3 Å². The number of imidazole rings is 1. The molecular weight excluding hydrogens is 467 g/mol. The fraction of sp³-hybridized carbons (Fsp3) is 0.286. The van der Waals surface area contributed by atoms with E-state index < -0.39 is 0 Å². The van der Waals surface area contributed by atoms with Crippen molar-refractivity contribution in [3.8, 4) is 0 Å². The Balaban J connectivity index is 1.29. The molecule has 0 radical (unpaired) electrons. The van der Waals surface area contributed by atoms with Crippen molar-refractivity contribution in [2.75, 3.05) is 18.4 Å². The number of H-pyrrole nitrogens is 2. The molecule has 1 aromatic carbocycles. The van der Waals surface area contributed by atoms with Crippen molar-refractivity contribution >= 4 is 46.1 Å². The van der Waals surface area contributed by atoms with Gasteiger partial charge in [-0.15, -0.1) is 0 Å². The molecule has 33 heavy (non-hydrogen) atoms. The van der Waals surface area contributed by atoms with Crippen molar-refractivity contribution in [1.82, 2.24) is 34.6 Å². The molecule has 0 aliphatic carbocycles. The molecule has 0 saturated carbocycles. The monoisotopic (exact) mass is 486 g/mol. The molecule has 0 spiro atoms. The highest BCUT2D eigenvalue weighted by Crippen LogP contribution is 2.26. The first-order valence-electron chi connectivity index (χ1n) is 10.4. The Labute approximate surface area is 197 Å². The van der Waals surface area contributed by atoms with E-state index in [-0.39, 0.29) is 17.5 Å². The van der Waals surface area contributed by atoms with Gasteiger partial charge in [-0.3, -0.25) is 19.3 Å². The van der Waals surface area contributed by atoms with Crippen LogP contribution in [0.3, 0.4) is 0 Å². The summed E-state index contributed by atoms with van der Waals surface area (Å²) >= 11 is 12.0. The number of likely N-dealkylation sites (tertiary alicyclic amines) is 1. The first-order chi connectivity index (χ1) is 16.0. The molecule has 1 aliphatic heterocycles. The summed E-state index contributed by atoms with van der Waals surface area (Å²) in [6.07, 6.45) is 6.14. The standard InChI is InChI=1S/C21H20Cl2N8O2/c22-14-2-1-12(9-15(14)23)10-26-21-28-16-11-27-31(17(16)19(32)29-21)13-3-7-30(8-4-13)20(33)18-24-5-6-25-18/h1-2,5-6,9,11,13H,3-4,7-8,10H2,(H,24,25)(H2,26,28,29,32). The zero-order valence-corrected chi connectivity index (χ0v) is 18.9. The van der Waals surface area contributed by atoms with Gasteiger partial charge in [0, 0.05) is 32.0 Å². The minimum absolute atomic E-state index is 0.000990. The van der Waals surface area contributed by atoms with Crippen molar-refractivity contribution in [2.45, 2.75) is 25.4 Å². The lowest BCUT2D eigenvalue weighted by atomic mass is 10.0. The van der Waals surface area contributed by atoms with Gasteiger partial charge >= 0.3 is 0 Å². The second kappa shape index (κ2) is 8.87. The number of hydrogen-bond donors (Lipinski definition) is 3. The Morgan fingerprint density at radius 2 is 2.03 bits per heavy atom. The molecule has 10 nitrogen and oxygen atoms in total. The predicted octanol–water partition coefficient (Wildman–Crippen LogP) is 3.24. The van der Waals surface area contributed by atoms with Crippen LogP contribution < -0.4 is 10.9 Å². The summed E-state index contributed by atoms with van der Waals surface area (Å²) in [4.78, 5) is 41.2. The second-order valence-electron chi connectivity index (χ2n) is 7.80. The van der Waals surface area contributed by atoms with Gasteiger partial charge in [-0.25, -0.2) is 9.97 Å². The van der Waals surface area contributed by atoms with E-state index in [2.05, 4.69) is 30.4 Å². The average molecular weight is 487 g/mol. The number of aromatic amines is 2. The van der Waals surface area contributed by atoms with Crippen molar-refractivity contribution in [3.05, 3.63) is 68.6 Å². The number of fused-ring (bicyclic) bond motifs is 1. The van der Waals surface area contributed by atoms with Gasteiger partial charge in [0.05, 0.1) is 22.3 Å². The molecule has 0 unspecified atom stereocenters. The number of nitrogens with one attached hydrogen (secondary N) is 3. The molecule has 5 rings (SSSR count). The molecule has 1 aliphatic rings. The van der Waals surface area contributed by atoms with Crippen LogP contribution in [0.1, 0.15) is 35.1 Å². The van der Waals surface area contributed by atoms with Crippen LogP contribution in [0.2, 0.25) is 10.0 Å². The number of anilines is 1. The van der Waals surface area contributed by atoms with Gasteiger partial charge in [-0.2, -0.15) is 5.10 Å². The highest BCUT2D eigenvalue weighted by Gasteiger charge is 2.27. The third-order valence-electron chi connectivity index (χ3n) is 5.70. The number of amides is 1. The van der Waals surface area contributed by atoms with E-state index >= 15 is 0 Å². The maximum atomic E-state index is 12.9. The minimum Gasteiger partial charge on any atom is -0.352 e. The Bertz CT molecular complexity index is 1360. The molecule has 4 heterocycles. The SMILES string of the molecule is O=C(c1ncc[nH]1)N1CCC(n2ncc3nc(NCc4ccc(Cl)c(Cl)c4)[nH]c(=O)c32)CC1. The minimum atomic E-state index is -0.275. The van der Waals surface area contributed by atoms with E-state index in [0.717, 1.165) is 5.56 Å². The molecule has 1 fully saturated rings. The van der Waals surface area contributed by atoms with Crippen LogP contribution in [0.25, 0.3) is 11.0 Å². The summed E-state index contributed by atoms with van der Waals surface area (Å²) in [5.41, 5.74) is 1.55. The Kier molecular flexibility index (Phi) is 5.77. The van der Waals surface area contributed by atoms with E-state index in [1.54, 1.807) is 40.3 Å². The van der Waals surface area contributed by atoms with Gasteiger partial charge in [0.15, 0.2) is 11.3 Å². The zero-order valence-electron chi connectivity index (χ0n) is 17.4. The second-order valence-corrected chi connectivity index (χ2v) is 8.62. The fourth-order valence-electron chi connectivity index (χ4n) is 4.01. The predicted molar refractivity (Wildman–Crippen MR) is 125 cm³/mol. The van der Waals surface area contributed by atoms with E-state index in [9.17, 15) is 9.59 Å². The Hall–Kier alpha value is -3.37. The molecule has 1 amide bonds. The van der Waals surface area contributed by atoms with E-state index in [1.165, 1.54) is 0 Å². The van der Waals surface area contributed by atoms with Gasteiger partial charge < -0.3 is 15.2 Å². The average Bonchev–Trinajstić information content (AvgIpc) is 3.50.